The molecule has 3 rings (SSSR count). The van der Waals surface area contributed by atoms with E-state index in [0.717, 1.165) is 5.92 Å². The van der Waals surface area contributed by atoms with Crippen LogP contribution in [-0.4, -0.2) is 0 Å². The van der Waals surface area contributed by atoms with E-state index in [4.69, 9.17) is 5.73 Å². The van der Waals surface area contributed by atoms with E-state index in [2.05, 4.69) is 24.3 Å². The van der Waals surface area contributed by atoms with Gasteiger partial charge >= 0.3 is 0 Å². The van der Waals surface area contributed by atoms with Crippen molar-refractivity contribution in [1.29, 1.82) is 0 Å². The number of nitrogens with two attached hydrogens (primary N) is 1. The van der Waals surface area contributed by atoms with Crippen molar-refractivity contribution in [2.45, 2.75) is 56.4 Å². The highest BCUT2D eigenvalue weighted by atomic mass is 14.8. The van der Waals surface area contributed by atoms with Crippen LogP contribution in [0.3, 0.4) is 0 Å². The van der Waals surface area contributed by atoms with Gasteiger partial charge in [0, 0.05) is 5.54 Å². The molecule has 0 amide bonds. The molecule has 0 saturated heterocycles. The molecule has 2 aliphatic rings. The minimum atomic E-state index is 0.0358. The third-order valence-corrected chi connectivity index (χ3v) is 4.33. The Morgan fingerprint density at radius 1 is 1.00 bits per heavy atom. The molecule has 1 heteroatoms. The molecule has 0 atom stereocenters. The van der Waals surface area contributed by atoms with Gasteiger partial charge in [-0.05, 0) is 42.7 Å². The van der Waals surface area contributed by atoms with Crippen molar-refractivity contribution in [3.8, 4) is 0 Å². The summed E-state index contributed by atoms with van der Waals surface area (Å²) in [7, 11) is 0. The van der Waals surface area contributed by atoms with Crippen LogP contribution in [-0.2, 0) is 5.54 Å². The Kier molecular flexibility index (Phi) is 2.51. The van der Waals surface area contributed by atoms with Crippen LogP contribution in [0, 0.1) is 0 Å². The lowest BCUT2D eigenvalue weighted by Crippen LogP contribution is -2.22. The van der Waals surface area contributed by atoms with Gasteiger partial charge in [-0.15, -0.1) is 0 Å². The van der Waals surface area contributed by atoms with Crippen molar-refractivity contribution in [2.24, 2.45) is 5.73 Å². The second-order valence-corrected chi connectivity index (χ2v) is 5.58. The largest absolute Gasteiger partial charge is 0.321 e. The summed E-state index contributed by atoms with van der Waals surface area (Å²) in [5, 5.41) is 0. The summed E-state index contributed by atoms with van der Waals surface area (Å²) >= 11 is 0. The van der Waals surface area contributed by atoms with Crippen molar-refractivity contribution in [3.05, 3.63) is 35.4 Å². The van der Waals surface area contributed by atoms with E-state index in [1.165, 1.54) is 50.5 Å². The molecule has 2 saturated carbocycles. The first-order valence-corrected chi connectivity index (χ1v) is 6.68. The average molecular weight is 215 g/mol. The van der Waals surface area contributed by atoms with Crippen LogP contribution >= 0.6 is 0 Å². The lowest BCUT2D eigenvalue weighted by atomic mass is 9.80. The van der Waals surface area contributed by atoms with E-state index in [9.17, 15) is 0 Å². The summed E-state index contributed by atoms with van der Waals surface area (Å²) in [4.78, 5) is 0. The van der Waals surface area contributed by atoms with Gasteiger partial charge in [-0.25, -0.2) is 0 Å². The Hall–Kier alpha value is -0.820. The van der Waals surface area contributed by atoms with Gasteiger partial charge in [0.2, 0.25) is 0 Å². The minimum absolute atomic E-state index is 0.0358. The zero-order valence-electron chi connectivity index (χ0n) is 9.91. The smallest absolute Gasteiger partial charge is 0.0414 e. The van der Waals surface area contributed by atoms with Gasteiger partial charge in [0.05, 0.1) is 0 Å². The first-order valence-electron chi connectivity index (χ1n) is 6.68. The molecule has 2 fully saturated rings. The maximum Gasteiger partial charge on any atom is 0.0414 e. The highest BCUT2D eigenvalue weighted by Crippen LogP contribution is 2.47. The van der Waals surface area contributed by atoms with Crippen LogP contribution in [0.25, 0.3) is 0 Å². The molecule has 0 spiro atoms. The molecule has 0 heterocycles. The summed E-state index contributed by atoms with van der Waals surface area (Å²) in [5.74, 6) is 0.783. The molecule has 0 aromatic heterocycles. The zero-order valence-corrected chi connectivity index (χ0v) is 9.91. The third-order valence-electron chi connectivity index (χ3n) is 4.33. The highest BCUT2D eigenvalue weighted by molar-refractivity contribution is 5.39. The molecule has 0 unspecified atom stereocenters. The summed E-state index contributed by atoms with van der Waals surface area (Å²) in [6.45, 7) is 0. The lowest BCUT2D eigenvalue weighted by Gasteiger charge is -2.26. The van der Waals surface area contributed by atoms with E-state index >= 15 is 0 Å². The van der Waals surface area contributed by atoms with Gasteiger partial charge in [-0.2, -0.15) is 0 Å². The maximum absolute atomic E-state index is 6.38. The summed E-state index contributed by atoms with van der Waals surface area (Å²) in [6, 6.07) is 8.91. The molecule has 0 aliphatic heterocycles. The number of hydrogen-bond acceptors (Lipinski definition) is 1. The van der Waals surface area contributed by atoms with Crippen LogP contribution < -0.4 is 5.73 Å². The molecule has 16 heavy (non-hydrogen) atoms. The van der Waals surface area contributed by atoms with Gasteiger partial charge in [0.1, 0.15) is 0 Å². The molecule has 0 bridgehead atoms. The lowest BCUT2D eigenvalue weighted by molar-refractivity contribution is 0.439. The quantitative estimate of drug-likeness (QED) is 0.800. The predicted octanol–water partition coefficient (Wildman–Crippen LogP) is 3.68. The third kappa shape index (κ3) is 1.78. The van der Waals surface area contributed by atoms with E-state index in [1.807, 2.05) is 0 Å². The Labute approximate surface area is 98.0 Å². The SMILES string of the molecule is NC1(c2ccccc2C2CCCCC2)CC1. The zero-order chi connectivity index (χ0) is 11.0. The average Bonchev–Trinajstić information content (AvgIpc) is 3.10. The summed E-state index contributed by atoms with van der Waals surface area (Å²) in [5.41, 5.74) is 9.41. The van der Waals surface area contributed by atoms with Crippen LogP contribution in [0.4, 0.5) is 0 Å². The topological polar surface area (TPSA) is 26.0 Å². The normalized spacial score (nSPS) is 24.3. The van der Waals surface area contributed by atoms with Crippen molar-refractivity contribution < 1.29 is 0 Å². The van der Waals surface area contributed by atoms with E-state index in [0.29, 0.717) is 0 Å². The van der Waals surface area contributed by atoms with Crippen molar-refractivity contribution in [2.75, 3.05) is 0 Å². The van der Waals surface area contributed by atoms with Crippen LogP contribution in [0.1, 0.15) is 62.0 Å². The molecule has 2 N–H and O–H groups in total. The molecule has 1 aromatic carbocycles. The van der Waals surface area contributed by atoms with E-state index in [-0.39, 0.29) is 5.54 Å². The van der Waals surface area contributed by atoms with E-state index in [1.54, 1.807) is 5.56 Å². The first-order chi connectivity index (χ1) is 7.80. The van der Waals surface area contributed by atoms with E-state index < -0.39 is 0 Å². The second-order valence-electron chi connectivity index (χ2n) is 5.58. The fourth-order valence-electron chi connectivity index (χ4n) is 3.12. The minimum Gasteiger partial charge on any atom is -0.321 e. The maximum atomic E-state index is 6.38. The molecular formula is C15H21N. The standard InChI is InChI=1S/C15H21N/c16-15(10-11-15)14-9-5-4-8-13(14)12-6-2-1-3-7-12/h4-5,8-9,12H,1-3,6-7,10-11,16H2. The van der Waals surface area contributed by atoms with Gasteiger partial charge < -0.3 is 5.73 Å². The van der Waals surface area contributed by atoms with Crippen LogP contribution in [0.2, 0.25) is 0 Å². The summed E-state index contributed by atoms with van der Waals surface area (Å²) < 4.78 is 0. The Morgan fingerprint density at radius 3 is 2.38 bits per heavy atom. The van der Waals surface area contributed by atoms with Gasteiger partial charge in [-0.3, -0.25) is 0 Å². The Bertz CT molecular complexity index is 373. The van der Waals surface area contributed by atoms with Crippen molar-refractivity contribution >= 4 is 0 Å². The molecule has 86 valence electrons. The number of benzene rings is 1. The number of rotatable bonds is 2. The molecule has 0 radical (unpaired) electrons. The Balaban J connectivity index is 1.93. The van der Waals surface area contributed by atoms with Gasteiger partial charge in [0.25, 0.3) is 0 Å². The molecule has 1 nitrogen and oxygen atoms in total. The molecule has 1 aromatic rings. The fourth-order valence-corrected chi connectivity index (χ4v) is 3.12. The van der Waals surface area contributed by atoms with Crippen molar-refractivity contribution in [1.82, 2.24) is 0 Å². The monoisotopic (exact) mass is 215 g/mol. The fraction of sp³-hybridized carbons (Fsp3) is 0.600. The van der Waals surface area contributed by atoms with Gasteiger partial charge in [-0.1, -0.05) is 43.5 Å². The molecular weight excluding hydrogens is 194 g/mol. The van der Waals surface area contributed by atoms with Crippen LogP contribution in [0.5, 0.6) is 0 Å². The first kappa shape index (κ1) is 10.3. The second kappa shape index (κ2) is 3.89. The summed E-state index contributed by atoms with van der Waals surface area (Å²) in [6.07, 6.45) is 9.31. The predicted molar refractivity (Wildman–Crippen MR) is 67.4 cm³/mol. The van der Waals surface area contributed by atoms with Crippen LogP contribution in [0.15, 0.2) is 24.3 Å². The van der Waals surface area contributed by atoms with Crippen molar-refractivity contribution in [3.63, 3.8) is 0 Å². The number of hydrogen-bond donors (Lipinski definition) is 1. The highest BCUT2D eigenvalue weighted by Gasteiger charge is 2.42. The van der Waals surface area contributed by atoms with Gasteiger partial charge in [0.15, 0.2) is 0 Å². The Morgan fingerprint density at radius 2 is 1.69 bits per heavy atom. The molecule has 2 aliphatic carbocycles.